The fourth-order valence-electron chi connectivity index (χ4n) is 6.44. The molecule has 6 rings (SSSR count). The van der Waals surface area contributed by atoms with Crippen molar-refractivity contribution in [1.29, 1.82) is 0 Å². The van der Waals surface area contributed by atoms with E-state index in [0.717, 1.165) is 47.0 Å². The van der Waals surface area contributed by atoms with Gasteiger partial charge in [-0.3, -0.25) is 4.79 Å². The highest BCUT2D eigenvalue weighted by atomic mass is 35.5. The van der Waals surface area contributed by atoms with E-state index in [-0.39, 0.29) is 25.8 Å². The standard InChI is InChI=1S/C32H34ClFN6O3/c1-20(34)31(41)40-14-13-39(17-23(40)16-35-2)30-25-19-42-28(24-10-4-7-21-8-5-11-26(33)29(21)24)15-27(25)36-32(37-30)43-18-22-9-6-12-38(22)3/h4-5,7-8,10-11,22-23,28H,1,6,9,12-19H2,3H3/t22-,23+,28?/m0/s1. The van der Waals surface area contributed by atoms with Gasteiger partial charge < -0.3 is 29.0 Å². The molecule has 0 bridgehead atoms. The lowest BCUT2D eigenvalue weighted by atomic mass is 9.94. The highest BCUT2D eigenvalue weighted by Gasteiger charge is 2.37. The molecule has 2 aromatic carbocycles. The summed E-state index contributed by atoms with van der Waals surface area (Å²) in [5, 5.41) is 2.68. The van der Waals surface area contributed by atoms with Gasteiger partial charge in [-0.05, 0) is 43.5 Å². The molecule has 3 aromatic rings. The maximum atomic E-state index is 13.8. The molecule has 0 saturated carbocycles. The first-order valence-corrected chi connectivity index (χ1v) is 15.0. The highest BCUT2D eigenvalue weighted by molar-refractivity contribution is 6.35. The summed E-state index contributed by atoms with van der Waals surface area (Å²) in [6, 6.07) is 12.0. The second-order valence-corrected chi connectivity index (χ2v) is 11.8. The molecule has 2 fully saturated rings. The van der Waals surface area contributed by atoms with Crippen molar-refractivity contribution in [2.24, 2.45) is 0 Å². The Labute approximate surface area is 255 Å². The van der Waals surface area contributed by atoms with Crippen molar-refractivity contribution in [3.63, 3.8) is 0 Å². The monoisotopic (exact) mass is 604 g/mol. The van der Waals surface area contributed by atoms with E-state index < -0.39 is 17.8 Å². The van der Waals surface area contributed by atoms with Gasteiger partial charge in [-0.2, -0.15) is 9.97 Å². The number of carbonyl (C=O) groups is 1. The first-order chi connectivity index (χ1) is 20.8. The number of ether oxygens (including phenoxy) is 2. The van der Waals surface area contributed by atoms with Crippen LogP contribution in [0, 0.1) is 6.57 Å². The molecule has 4 heterocycles. The lowest BCUT2D eigenvalue weighted by Gasteiger charge is -2.40. The first-order valence-electron chi connectivity index (χ1n) is 14.6. The van der Waals surface area contributed by atoms with Crippen molar-refractivity contribution in [2.75, 3.05) is 51.3 Å². The van der Waals surface area contributed by atoms with Crippen LogP contribution in [-0.2, 0) is 22.6 Å². The molecule has 2 saturated heterocycles. The minimum atomic E-state index is -1.02. The number of aromatic nitrogens is 2. The lowest BCUT2D eigenvalue weighted by Crippen LogP contribution is -2.57. The average molecular weight is 605 g/mol. The Balaban J connectivity index is 1.34. The number of hydrogen-bond acceptors (Lipinski definition) is 7. The fourth-order valence-corrected chi connectivity index (χ4v) is 6.73. The van der Waals surface area contributed by atoms with Gasteiger partial charge >= 0.3 is 6.01 Å². The number of nitrogens with zero attached hydrogens (tertiary/aromatic N) is 6. The maximum Gasteiger partial charge on any atom is 0.318 e. The molecule has 1 aromatic heterocycles. The molecule has 0 spiro atoms. The minimum absolute atomic E-state index is 0.0422. The second kappa shape index (κ2) is 12.4. The number of halogens is 2. The van der Waals surface area contributed by atoms with Crippen LogP contribution in [-0.4, -0.2) is 84.1 Å². The van der Waals surface area contributed by atoms with Gasteiger partial charge in [-0.1, -0.05) is 48.5 Å². The molecular weight excluding hydrogens is 571 g/mol. The van der Waals surface area contributed by atoms with Gasteiger partial charge in [0.2, 0.25) is 6.54 Å². The Morgan fingerprint density at radius 1 is 1.21 bits per heavy atom. The zero-order chi connectivity index (χ0) is 30.1. The number of amides is 1. The number of fused-ring (bicyclic) bond motifs is 2. The number of benzene rings is 2. The third-order valence-electron chi connectivity index (χ3n) is 8.74. The zero-order valence-corrected chi connectivity index (χ0v) is 24.9. The number of likely N-dealkylation sites (tertiary alicyclic amines) is 1. The summed E-state index contributed by atoms with van der Waals surface area (Å²) < 4.78 is 26.5. The van der Waals surface area contributed by atoms with Crippen LogP contribution in [0.2, 0.25) is 5.02 Å². The van der Waals surface area contributed by atoms with Gasteiger partial charge in [0.15, 0.2) is 5.83 Å². The van der Waals surface area contributed by atoms with E-state index in [2.05, 4.69) is 23.4 Å². The van der Waals surface area contributed by atoms with Gasteiger partial charge in [-0.25, -0.2) is 11.0 Å². The molecule has 224 valence electrons. The SMILES string of the molecule is [C-]#[N+]C[C@@H]1CN(c2nc(OC[C@@H]3CCCN3C)nc3c2COC(c2cccc4cccc(Cl)c24)C3)CCN1C(=O)C(=C)F. The third kappa shape index (κ3) is 5.90. The van der Waals surface area contributed by atoms with E-state index >= 15 is 0 Å². The summed E-state index contributed by atoms with van der Waals surface area (Å²) in [6.07, 6.45) is 2.41. The first kappa shape index (κ1) is 29.3. The van der Waals surface area contributed by atoms with Gasteiger partial charge in [0.1, 0.15) is 18.5 Å². The molecule has 3 aliphatic rings. The van der Waals surface area contributed by atoms with E-state index in [0.29, 0.717) is 49.0 Å². The summed E-state index contributed by atoms with van der Waals surface area (Å²) in [5.74, 6) is -1.14. The number of rotatable bonds is 7. The average Bonchev–Trinajstić information content (AvgIpc) is 3.43. The van der Waals surface area contributed by atoms with Crippen molar-refractivity contribution < 1.29 is 18.7 Å². The van der Waals surface area contributed by atoms with Crippen LogP contribution in [0.3, 0.4) is 0 Å². The van der Waals surface area contributed by atoms with Crippen LogP contribution in [0.15, 0.2) is 48.8 Å². The van der Waals surface area contributed by atoms with Gasteiger partial charge in [0.05, 0.1) is 18.4 Å². The summed E-state index contributed by atoms with van der Waals surface area (Å²) in [4.78, 5) is 31.5. The minimum Gasteiger partial charge on any atom is -0.462 e. The van der Waals surface area contributed by atoms with Crippen LogP contribution in [0.25, 0.3) is 15.6 Å². The quantitative estimate of drug-likeness (QED) is 0.278. The van der Waals surface area contributed by atoms with Crippen molar-refractivity contribution >= 4 is 34.1 Å². The number of likely N-dealkylation sites (N-methyl/N-ethyl adjacent to an activating group) is 1. The summed E-state index contributed by atoms with van der Waals surface area (Å²) in [6.45, 7) is 13.4. The van der Waals surface area contributed by atoms with Crippen LogP contribution in [0.5, 0.6) is 6.01 Å². The lowest BCUT2D eigenvalue weighted by molar-refractivity contribution is -0.131. The van der Waals surface area contributed by atoms with Crippen molar-refractivity contribution in [3.8, 4) is 6.01 Å². The molecule has 11 heteroatoms. The maximum absolute atomic E-state index is 13.8. The molecule has 0 aliphatic carbocycles. The number of piperazine rings is 1. The molecule has 0 radical (unpaired) electrons. The molecule has 3 aliphatic heterocycles. The van der Waals surface area contributed by atoms with E-state index in [1.807, 2.05) is 41.3 Å². The van der Waals surface area contributed by atoms with Crippen molar-refractivity contribution in [2.45, 2.75) is 44.1 Å². The smallest absolute Gasteiger partial charge is 0.318 e. The van der Waals surface area contributed by atoms with E-state index in [1.54, 1.807) is 0 Å². The topological polar surface area (TPSA) is 75.4 Å². The Bertz CT molecular complexity index is 1590. The van der Waals surface area contributed by atoms with E-state index in [4.69, 9.17) is 37.6 Å². The van der Waals surface area contributed by atoms with E-state index in [9.17, 15) is 9.18 Å². The Kier molecular flexibility index (Phi) is 8.48. The highest BCUT2D eigenvalue weighted by Crippen LogP contribution is 2.39. The van der Waals surface area contributed by atoms with Crippen LogP contribution in [0.4, 0.5) is 10.2 Å². The van der Waals surface area contributed by atoms with Crippen molar-refractivity contribution in [3.05, 3.63) is 82.1 Å². The normalized spacial score (nSPS) is 22.3. The van der Waals surface area contributed by atoms with Crippen LogP contribution >= 0.6 is 11.6 Å². The predicted molar refractivity (Wildman–Crippen MR) is 163 cm³/mol. The molecule has 3 atom stereocenters. The van der Waals surface area contributed by atoms with Crippen molar-refractivity contribution in [1.82, 2.24) is 19.8 Å². The Morgan fingerprint density at radius 3 is 2.77 bits per heavy atom. The molecule has 0 N–H and O–H groups in total. The van der Waals surface area contributed by atoms with Crippen LogP contribution < -0.4 is 9.64 Å². The van der Waals surface area contributed by atoms with E-state index in [1.165, 1.54) is 4.90 Å². The Hall–Kier alpha value is -3.78. The molecule has 1 amide bonds. The molecule has 43 heavy (non-hydrogen) atoms. The number of carbonyl (C=O) groups excluding carboxylic acids is 1. The molecule has 1 unspecified atom stereocenters. The Morgan fingerprint density at radius 2 is 2.02 bits per heavy atom. The second-order valence-electron chi connectivity index (χ2n) is 11.4. The summed E-state index contributed by atoms with van der Waals surface area (Å²) in [5.41, 5.74) is 2.68. The van der Waals surface area contributed by atoms with Gasteiger partial charge in [0, 0.05) is 48.1 Å². The largest absolute Gasteiger partial charge is 0.462 e. The van der Waals surface area contributed by atoms with Gasteiger partial charge in [-0.15, -0.1) is 0 Å². The zero-order valence-electron chi connectivity index (χ0n) is 24.1. The summed E-state index contributed by atoms with van der Waals surface area (Å²) >= 11 is 6.65. The molecular formula is C32H34ClFN6O3. The number of anilines is 1. The van der Waals surface area contributed by atoms with Gasteiger partial charge in [0.25, 0.3) is 5.91 Å². The summed E-state index contributed by atoms with van der Waals surface area (Å²) in [7, 11) is 2.10. The van der Waals surface area contributed by atoms with Crippen LogP contribution in [0.1, 0.15) is 35.8 Å². The predicted octanol–water partition coefficient (Wildman–Crippen LogP) is 4.99. The molecule has 9 nitrogen and oxygen atoms in total. The fraction of sp³-hybridized carbons (Fsp3) is 0.438. The number of hydrogen-bond donors (Lipinski definition) is 0. The third-order valence-corrected chi connectivity index (χ3v) is 9.06.